The second kappa shape index (κ2) is 8.25. The van der Waals surface area contributed by atoms with Crippen LogP contribution < -0.4 is 5.73 Å². The van der Waals surface area contributed by atoms with E-state index in [2.05, 4.69) is 0 Å². The average molecular weight is 379 g/mol. The number of carbonyl (C=O) groups is 2. The van der Waals surface area contributed by atoms with E-state index in [0.29, 0.717) is 37.1 Å². The summed E-state index contributed by atoms with van der Waals surface area (Å²) in [7, 11) is 0. The molecule has 0 bridgehead atoms. The van der Waals surface area contributed by atoms with Gasteiger partial charge in [-0.3, -0.25) is 15.0 Å². The first-order valence-corrected chi connectivity index (χ1v) is 9.41. The van der Waals surface area contributed by atoms with Gasteiger partial charge in [0.2, 0.25) is 0 Å². The predicted octanol–water partition coefficient (Wildman–Crippen LogP) is 3.27. The normalized spacial score (nSPS) is 14.7. The van der Waals surface area contributed by atoms with Crippen LogP contribution in [0.3, 0.4) is 0 Å². The summed E-state index contributed by atoms with van der Waals surface area (Å²) in [4.78, 5) is 25.5. The second-order valence-electron chi connectivity index (χ2n) is 7.37. The number of aliphatic carboxylic acids is 1. The number of nitrogen functional groups attached to an aromatic ring is 1. The van der Waals surface area contributed by atoms with Crippen molar-refractivity contribution >= 4 is 17.7 Å². The van der Waals surface area contributed by atoms with E-state index >= 15 is 0 Å². The smallest absolute Gasteiger partial charge is 0.303 e. The van der Waals surface area contributed by atoms with Gasteiger partial charge in [-0.25, -0.2) is 0 Å². The standard InChI is InChI=1S/C22H25N3O3/c1-14-2-4-16(5-3-14)18-7-6-17(13-19(18)21(23)24)22(28)25-10-8-15(9-11-25)12-20(26)27/h2-7,13,15H,8-12H2,1H3,(H3,23,24)(H,26,27). The fourth-order valence-corrected chi connectivity index (χ4v) is 3.65. The van der Waals surface area contributed by atoms with Gasteiger partial charge in [0, 0.05) is 30.6 Å². The lowest BCUT2D eigenvalue weighted by molar-refractivity contribution is -0.138. The summed E-state index contributed by atoms with van der Waals surface area (Å²) in [6.45, 7) is 3.11. The Labute approximate surface area is 164 Å². The van der Waals surface area contributed by atoms with Crippen molar-refractivity contribution in [2.75, 3.05) is 13.1 Å². The molecule has 1 saturated heterocycles. The molecule has 1 amide bonds. The van der Waals surface area contributed by atoms with Crippen LogP contribution in [-0.2, 0) is 4.79 Å². The van der Waals surface area contributed by atoms with E-state index in [1.807, 2.05) is 37.3 Å². The van der Waals surface area contributed by atoms with Crippen molar-refractivity contribution in [2.24, 2.45) is 11.7 Å². The monoisotopic (exact) mass is 379 g/mol. The number of amides is 1. The van der Waals surface area contributed by atoms with E-state index < -0.39 is 5.97 Å². The van der Waals surface area contributed by atoms with Gasteiger partial charge in [0.05, 0.1) is 0 Å². The van der Waals surface area contributed by atoms with Crippen molar-refractivity contribution < 1.29 is 14.7 Å². The number of carboxylic acid groups (broad SMARTS) is 1. The zero-order valence-corrected chi connectivity index (χ0v) is 15.9. The van der Waals surface area contributed by atoms with Gasteiger partial charge >= 0.3 is 5.97 Å². The number of nitrogens with zero attached hydrogens (tertiary/aromatic N) is 1. The molecule has 0 atom stereocenters. The lowest BCUT2D eigenvalue weighted by atomic mass is 9.92. The first-order valence-electron chi connectivity index (χ1n) is 9.41. The number of nitrogens with one attached hydrogen (secondary N) is 1. The number of benzene rings is 2. The molecule has 0 spiro atoms. The molecule has 4 N–H and O–H groups in total. The van der Waals surface area contributed by atoms with Gasteiger partial charge in [-0.05, 0) is 48.9 Å². The van der Waals surface area contributed by atoms with Crippen molar-refractivity contribution in [3.8, 4) is 11.1 Å². The summed E-state index contributed by atoms with van der Waals surface area (Å²) < 4.78 is 0. The Balaban J connectivity index is 1.80. The molecule has 3 rings (SSSR count). The van der Waals surface area contributed by atoms with Gasteiger partial charge in [0.15, 0.2) is 0 Å². The summed E-state index contributed by atoms with van der Waals surface area (Å²) in [6.07, 6.45) is 1.54. The van der Waals surface area contributed by atoms with E-state index in [-0.39, 0.29) is 24.1 Å². The van der Waals surface area contributed by atoms with E-state index in [1.54, 1.807) is 17.0 Å². The molecule has 0 aromatic heterocycles. The molecule has 1 fully saturated rings. The van der Waals surface area contributed by atoms with E-state index in [1.165, 1.54) is 0 Å². The van der Waals surface area contributed by atoms with Gasteiger partial charge < -0.3 is 15.7 Å². The molecule has 28 heavy (non-hydrogen) atoms. The number of rotatable bonds is 5. The highest BCUT2D eigenvalue weighted by Gasteiger charge is 2.25. The van der Waals surface area contributed by atoms with Crippen LogP contribution in [0.15, 0.2) is 42.5 Å². The largest absolute Gasteiger partial charge is 0.481 e. The van der Waals surface area contributed by atoms with Crippen LogP contribution in [0.1, 0.15) is 40.7 Å². The van der Waals surface area contributed by atoms with Gasteiger partial charge in [-0.1, -0.05) is 35.9 Å². The zero-order chi connectivity index (χ0) is 20.3. The van der Waals surface area contributed by atoms with E-state index in [0.717, 1.165) is 16.7 Å². The Kier molecular flexibility index (Phi) is 5.78. The third-order valence-electron chi connectivity index (χ3n) is 5.28. The molecule has 2 aromatic carbocycles. The number of nitrogens with two attached hydrogens (primary N) is 1. The van der Waals surface area contributed by atoms with Gasteiger partial charge in [-0.15, -0.1) is 0 Å². The van der Waals surface area contributed by atoms with Crippen LogP contribution in [0.2, 0.25) is 0 Å². The fraction of sp³-hybridized carbons (Fsp3) is 0.318. The number of hydrogen-bond acceptors (Lipinski definition) is 3. The predicted molar refractivity (Wildman–Crippen MR) is 109 cm³/mol. The molecule has 0 unspecified atom stereocenters. The van der Waals surface area contributed by atoms with Gasteiger partial charge in [-0.2, -0.15) is 0 Å². The molecule has 6 heteroatoms. The number of piperidine rings is 1. The molecule has 2 aromatic rings. The molecule has 1 aliphatic rings. The van der Waals surface area contributed by atoms with E-state index in [4.69, 9.17) is 16.2 Å². The number of likely N-dealkylation sites (tertiary alicyclic amines) is 1. The van der Waals surface area contributed by atoms with Crippen LogP contribution in [-0.4, -0.2) is 40.8 Å². The Morgan fingerprint density at radius 2 is 1.79 bits per heavy atom. The summed E-state index contributed by atoms with van der Waals surface area (Å²) in [5.41, 5.74) is 9.75. The number of carbonyl (C=O) groups excluding carboxylic acids is 1. The minimum Gasteiger partial charge on any atom is -0.481 e. The highest BCUT2D eigenvalue weighted by molar-refractivity contribution is 6.04. The van der Waals surface area contributed by atoms with Gasteiger partial charge in [0.1, 0.15) is 5.84 Å². The van der Waals surface area contributed by atoms with Crippen LogP contribution in [0.4, 0.5) is 0 Å². The first kappa shape index (κ1) is 19.6. The number of hydrogen-bond donors (Lipinski definition) is 3. The molecule has 0 radical (unpaired) electrons. The molecule has 0 aliphatic carbocycles. The molecule has 1 heterocycles. The van der Waals surface area contributed by atoms with Crippen LogP contribution >= 0.6 is 0 Å². The van der Waals surface area contributed by atoms with Crippen LogP contribution in [0.25, 0.3) is 11.1 Å². The minimum absolute atomic E-state index is 0.0783. The molecule has 6 nitrogen and oxygen atoms in total. The Bertz CT molecular complexity index is 898. The molecular weight excluding hydrogens is 354 g/mol. The fourth-order valence-electron chi connectivity index (χ4n) is 3.65. The maximum Gasteiger partial charge on any atom is 0.303 e. The van der Waals surface area contributed by atoms with Crippen LogP contribution in [0.5, 0.6) is 0 Å². The highest BCUT2D eigenvalue weighted by Crippen LogP contribution is 2.27. The SMILES string of the molecule is Cc1ccc(-c2ccc(C(=O)N3CCC(CC(=O)O)CC3)cc2C(=N)N)cc1. The summed E-state index contributed by atoms with van der Waals surface area (Å²) in [5, 5.41) is 16.9. The van der Waals surface area contributed by atoms with Crippen molar-refractivity contribution in [1.29, 1.82) is 5.41 Å². The third-order valence-corrected chi connectivity index (χ3v) is 5.28. The van der Waals surface area contributed by atoms with Crippen LogP contribution in [0, 0.1) is 18.3 Å². The van der Waals surface area contributed by atoms with Crippen molar-refractivity contribution in [3.05, 3.63) is 59.2 Å². The van der Waals surface area contributed by atoms with Crippen molar-refractivity contribution in [1.82, 2.24) is 4.90 Å². The second-order valence-corrected chi connectivity index (χ2v) is 7.37. The molecule has 146 valence electrons. The summed E-state index contributed by atoms with van der Waals surface area (Å²) >= 11 is 0. The average Bonchev–Trinajstić information content (AvgIpc) is 2.68. The Hall–Kier alpha value is -3.15. The lowest BCUT2D eigenvalue weighted by Crippen LogP contribution is -2.39. The molecule has 1 aliphatic heterocycles. The Morgan fingerprint density at radius 1 is 1.14 bits per heavy atom. The highest BCUT2D eigenvalue weighted by atomic mass is 16.4. The van der Waals surface area contributed by atoms with Crippen molar-refractivity contribution in [3.63, 3.8) is 0 Å². The lowest BCUT2D eigenvalue weighted by Gasteiger charge is -2.31. The minimum atomic E-state index is -0.789. The summed E-state index contributed by atoms with van der Waals surface area (Å²) in [6, 6.07) is 13.2. The first-order chi connectivity index (χ1) is 13.3. The number of aryl methyl sites for hydroxylation is 1. The molecule has 0 saturated carbocycles. The quantitative estimate of drug-likeness (QED) is 0.547. The van der Waals surface area contributed by atoms with Gasteiger partial charge in [0.25, 0.3) is 5.91 Å². The molecular formula is C22H25N3O3. The van der Waals surface area contributed by atoms with E-state index in [9.17, 15) is 9.59 Å². The summed E-state index contributed by atoms with van der Waals surface area (Å²) in [5.74, 6) is -0.849. The zero-order valence-electron chi connectivity index (χ0n) is 15.9. The topological polar surface area (TPSA) is 107 Å². The third kappa shape index (κ3) is 4.39. The van der Waals surface area contributed by atoms with Crippen molar-refractivity contribution in [2.45, 2.75) is 26.2 Å². The number of carboxylic acids is 1. The number of amidine groups is 1. The maximum absolute atomic E-state index is 12.9. The maximum atomic E-state index is 12.9. The Morgan fingerprint density at radius 3 is 2.36 bits per heavy atom.